The first-order valence-electron chi connectivity index (χ1n) is 5.48. The van der Waals surface area contributed by atoms with Crippen LogP contribution in [0.4, 0.5) is 0 Å². The predicted octanol–water partition coefficient (Wildman–Crippen LogP) is 0.226. The van der Waals surface area contributed by atoms with E-state index < -0.39 is 23.0 Å². The van der Waals surface area contributed by atoms with E-state index in [0.29, 0.717) is 6.61 Å². The molecule has 0 aliphatic rings. The van der Waals surface area contributed by atoms with Crippen LogP contribution in [0, 0.1) is 0 Å². The summed E-state index contributed by atoms with van der Waals surface area (Å²) in [6.07, 6.45) is 0. The molecular formula is C9H24O7Si2. The standard InChI is InChI=1S/C9H24O7Si2/c1-8-16-9(17(10-2,11-3)12-4)18(13-5,14-6)15-7/h9H,8H2,1-7H3. The van der Waals surface area contributed by atoms with Crippen molar-refractivity contribution in [2.75, 3.05) is 49.3 Å². The fraction of sp³-hybridized carbons (Fsp3) is 1.00. The molecule has 110 valence electrons. The highest BCUT2D eigenvalue weighted by Crippen LogP contribution is 2.26. The molecule has 0 aromatic carbocycles. The van der Waals surface area contributed by atoms with Gasteiger partial charge in [-0.25, -0.2) is 0 Å². The van der Waals surface area contributed by atoms with Gasteiger partial charge in [-0.15, -0.1) is 0 Å². The van der Waals surface area contributed by atoms with Gasteiger partial charge in [0.15, 0.2) is 5.35 Å². The number of ether oxygens (including phenoxy) is 1. The molecule has 0 saturated heterocycles. The van der Waals surface area contributed by atoms with E-state index in [1.807, 2.05) is 6.92 Å². The predicted molar refractivity (Wildman–Crippen MR) is 69.0 cm³/mol. The van der Waals surface area contributed by atoms with Crippen molar-refractivity contribution in [1.29, 1.82) is 0 Å². The molecule has 0 aromatic rings. The normalized spacial score (nSPS) is 13.3. The number of rotatable bonds is 10. The van der Waals surface area contributed by atoms with Crippen LogP contribution >= 0.6 is 0 Å². The molecule has 7 nitrogen and oxygen atoms in total. The molecule has 0 radical (unpaired) electrons. The molecule has 0 aliphatic carbocycles. The van der Waals surface area contributed by atoms with Crippen LogP contribution in [0.3, 0.4) is 0 Å². The number of hydrogen-bond donors (Lipinski definition) is 0. The third-order valence-electron chi connectivity index (χ3n) is 2.68. The largest absolute Gasteiger partial charge is 0.535 e. The number of hydrogen-bond acceptors (Lipinski definition) is 7. The Morgan fingerprint density at radius 1 is 0.667 bits per heavy atom. The maximum atomic E-state index is 5.69. The molecule has 0 spiro atoms. The van der Waals surface area contributed by atoms with E-state index in [1.54, 1.807) is 0 Å². The summed E-state index contributed by atoms with van der Waals surface area (Å²) in [7, 11) is 2.83. The van der Waals surface area contributed by atoms with Crippen LogP contribution in [-0.4, -0.2) is 72.2 Å². The van der Waals surface area contributed by atoms with Gasteiger partial charge >= 0.3 is 17.6 Å². The molecule has 0 atom stereocenters. The quantitative estimate of drug-likeness (QED) is 0.535. The van der Waals surface area contributed by atoms with E-state index in [2.05, 4.69) is 0 Å². The van der Waals surface area contributed by atoms with Gasteiger partial charge in [-0.1, -0.05) is 0 Å². The fourth-order valence-electron chi connectivity index (χ4n) is 1.73. The van der Waals surface area contributed by atoms with E-state index in [4.69, 9.17) is 31.3 Å². The summed E-state index contributed by atoms with van der Waals surface area (Å²) < 4.78 is 38.3. The van der Waals surface area contributed by atoms with E-state index in [0.717, 1.165) is 0 Å². The lowest BCUT2D eigenvalue weighted by atomic mass is 10.9. The van der Waals surface area contributed by atoms with Crippen molar-refractivity contribution in [3.8, 4) is 0 Å². The van der Waals surface area contributed by atoms with E-state index >= 15 is 0 Å². The van der Waals surface area contributed by atoms with Gasteiger partial charge in [0.05, 0.1) is 0 Å². The van der Waals surface area contributed by atoms with Crippen LogP contribution in [0.15, 0.2) is 0 Å². The van der Waals surface area contributed by atoms with Crippen molar-refractivity contribution in [3.63, 3.8) is 0 Å². The highest BCUT2D eigenvalue weighted by molar-refractivity contribution is 6.82. The average molecular weight is 300 g/mol. The first-order valence-corrected chi connectivity index (χ1v) is 9.09. The zero-order valence-electron chi connectivity index (χ0n) is 12.1. The molecule has 0 fully saturated rings. The van der Waals surface area contributed by atoms with Crippen molar-refractivity contribution in [2.24, 2.45) is 0 Å². The smallest absolute Gasteiger partial charge is 0.375 e. The average Bonchev–Trinajstić information content (AvgIpc) is 2.44. The summed E-state index contributed by atoms with van der Waals surface area (Å²) in [6, 6.07) is 0. The highest BCUT2D eigenvalue weighted by Gasteiger charge is 2.65. The fourth-order valence-corrected chi connectivity index (χ4v) is 8.61. The summed E-state index contributed by atoms with van der Waals surface area (Å²) in [5.41, 5.74) is 0. The topological polar surface area (TPSA) is 64.6 Å². The minimum Gasteiger partial charge on any atom is -0.375 e. The third kappa shape index (κ3) is 3.37. The lowest BCUT2D eigenvalue weighted by Crippen LogP contribution is -2.70. The van der Waals surface area contributed by atoms with E-state index in [9.17, 15) is 0 Å². The van der Waals surface area contributed by atoms with Crippen LogP contribution in [0.2, 0.25) is 0 Å². The zero-order chi connectivity index (χ0) is 14.2. The van der Waals surface area contributed by atoms with Crippen molar-refractivity contribution < 1.29 is 31.3 Å². The summed E-state index contributed by atoms with van der Waals surface area (Å²) in [4.78, 5) is 0. The second-order valence-corrected chi connectivity index (χ2v) is 9.76. The lowest BCUT2D eigenvalue weighted by Gasteiger charge is -2.38. The van der Waals surface area contributed by atoms with Gasteiger partial charge < -0.3 is 31.3 Å². The third-order valence-corrected chi connectivity index (χ3v) is 9.84. The van der Waals surface area contributed by atoms with Crippen molar-refractivity contribution in [2.45, 2.75) is 12.3 Å². The van der Waals surface area contributed by atoms with E-state index in [1.165, 1.54) is 42.7 Å². The van der Waals surface area contributed by atoms with Crippen molar-refractivity contribution in [3.05, 3.63) is 0 Å². The Morgan fingerprint density at radius 2 is 0.944 bits per heavy atom. The van der Waals surface area contributed by atoms with Gasteiger partial charge in [-0.05, 0) is 6.92 Å². The molecular weight excluding hydrogens is 276 g/mol. The minimum absolute atomic E-state index is 0.431. The van der Waals surface area contributed by atoms with Crippen molar-refractivity contribution >= 4 is 17.6 Å². The molecule has 0 aromatic heterocycles. The molecule has 0 saturated carbocycles. The minimum atomic E-state index is -3.10. The Balaban J connectivity index is 5.49. The van der Waals surface area contributed by atoms with E-state index in [-0.39, 0.29) is 0 Å². The summed E-state index contributed by atoms with van der Waals surface area (Å²) in [5.74, 6) is 0. The first-order chi connectivity index (χ1) is 8.56. The van der Waals surface area contributed by atoms with Crippen LogP contribution in [0.5, 0.6) is 0 Å². The van der Waals surface area contributed by atoms with Gasteiger partial charge in [0, 0.05) is 49.3 Å². The Morgan fingerprint density at radius 3 is 1.11 bits per heavy atom. The Labute approximate surface area is 111 Å². The van der Waals surface area contributed by atoms with Gasteiger partial charge in [-0.3, -0.25) is 0 Å². The first kappa shape index (κ1) is 18.2. The van der Waals surface area contributed by atoms with Gasteiger partial charge in [-0.2, -0.15) is 0 Å². The second kappa shape index (κ2) is 8.35. The Kier molecular flexibility index (Phi) is 8.42. The molecule has 0 heterocycles. The van der Waals surface area contributed by atoms with Crippen molar-refractivity contribution in [1.82, 2.24) is 0 Å². The summed E-state index contributed by atoms with van der Waals surface area (Å²) in [5, 5.41) is -0.644. The van der Waals surface area contributed by atoms with Crippen LogP contribution < -0.4 is 0 Å². The zero-order valence-corrected chi connectivity index (χ0v) is 14.1. The van der Waals surface area contributed by atoms with Gasteiger partial charge in [0.2, 0.25) is 0 Å². The molecule has 0 amide bonds. The summed E-state index contributed by atoms with van der Waals surface area (Å²) >= 11 is 0. The maximum Gasteiger partial charge on any atom is 0.535 e. The molecule has 18 heavy (non-hydrogen) atoms. The summed E-state index contributed by atoms with van der Waals surface area (Å²) in [6.45, 7) is 2.29. The second-order valence-electron chi connectivity index (χ2n) is 3.27. The monoisotopic (exact) mass is 300 g/mol. The molecule has 0 aliphatic heterocycles. The van der Waals surface area contributed by atoms with Crippen LogP contribution in [-0.2, 0) is 31.3 Å². The molecule has 0 unspecified atom stereocenters. The lowest BCUT2D eigenvalue weighted by molar-refractivity contribution is -0.00257. The maximum absolute atomic E-state index is 5.69. The van der Waals surface area contributed by atoms with Gasteiger partial charge in [0.25, 0.3) is 0 Å². The SMILES string of the molecule is CCOC([Si](OC)(OC)OC)[Si](OC)(OC)OC. The van der Waals surface area contributed by atoms with Gasteiger partial charge in [0.1, 0.15) is 0 Å². The Hall–Kier alpha value is 0.154. The molecule has 9 heteroatoms. The molecule has 0 N–H and O–H groups in total. The van der Waals surface area contributed by atoms with Crippen LogP contribution in [0.25, 0.3) is 0 Å². The molecule has 0 bridgehead atoms. The van der Waals surface area contributed by atoms with Crippen LogP contribution in [0.1, 0.15) is 6.92 Å². The molecule has 0 rings (SSSR count). The Bertz CT molecular complexity index is 184. The highest BCUT2D eigenvalue weighted by atomic mass is 28.5.